The summed E-state index contributed by atoms with van der Waals surface area (Å²) in [5.41, 5.74) is 5.70. The predicted octanol–water partition coefficient (Wildman–Crippen LogP) is 2.23. The molecule has 0 spiro atoms. The van der Waals surface area contributed by atoms with Crippen LogP contribution in [-0.4, -0.2) is 19.3 Å². The molecule has 0 saturated carbocycles. The third-order valence-corrected chi connectivity index (χ3v) is 2.10. The van der Waals surface area contributed by atoms with Crippen LogP contribution in [0.15, 0.2) is 24.3 Å². The summed E-state index contributed by atoms with van der Waals surface area (Å²) in [5.74, 6) is 1.58. The van der Waals surface area contributed by atoms with Crippen molar-refractivity contribution < 1.29 is 9.47 Å². The third kappa shape index (κ3) is 4.40. The van der Waals surface area contributed by atoms with Gasteiger partial charge in [-0.1, -0.05) is 6.07 Å². The number of halogens is 1. The Morgan fingerprint density at radius 1 is 1.20 bits per heavy atom. The number of benzene rings is 1. The Balaban J connectivity index is 0.00000196. The maximum absolute atomic E-state index is 5.70. The fraction of sp³-hybridized carbons (Fsp3) is 0.455. The molecule has 86 valence electrons. The molecule has 0 aliphatic heterocycles. The van der Waals surface area contributed by atoms with Crippen LogP contribution in [0.25, 0.3) is 0 Å². The van der Waals surface area contributed by atoms with Gasteiger partial charge in [0.2, 0.25) is 0 Å². The lowest BCUT2D eigenvalue weighted by molar-refractivity contribution is 0.196. The van der Waals surface area contributed by atoms with Crippen molar-refractivity contribution in [1.29, 1.82) is 0 Å². The van der Waals surface area contributed by atoms with Gasteiger partial charge in [0.05, 0.1) is 7.11 Å². The monoisotopic (exact) mass is 231 g/mol. The van der Waals surface area contributed by atoms with E-state index in [1.165, 1.54) is 0 Å². The zero-order valence-electron chi connectivity index (χ0n) is 9.27. The van der Waals surface area contributed by atoms with E-state index in [2.05, 4.69) is 0 Å². The highest BCUT2D eigenvalue weighted by Gasteiger charge is 2.08. The van der Waals surface area contributed by atoms with Gasteiger partial charge in [0.15, 0.2) is 0 Å². The third-order valence-electron chi connectivity index (χ3n) is 2.10. The summed E-state index contributed by atoms with van der Waals surface area (Å²) < 4.78 is 10.7. The van der Waals surface area contributed by atoms with Crippen LogP contribution in [0, 0.1) is 0 Å². The Morgan fingerprint density at radius 2 is 1.80 bits per heavy atom. The van der Waals surface area contributed by atoms with Crippen molar-refractivity contribution in [2.45, 2.75) is 26.0 Å². The molecule has 2 atom stereocenters. The van der Waals surface area contributed by atoms with Gasteiger partial charge in [0.25, 0.3) is 0 Å². The van der Waals surface area contributed by atoms with E-state index in [0.29, 0.717) is 0 Å². The summed E-state index contributed by atoms with van der Waals surface area (Å²) in [4.78, 5) is 0. The largest absolute Gasteiger partial charge is 0.497 e. The zero-order valence-corrected chi connectivity index (χ0v) is 10.1. The van der Waals surface area contributed by atoms with Crippen molar-refractivity contribution in [3.8, 4) is 11.5 Å². The molecule has 2 unspecified atom stereocenters. The number of hydrogen-bond acceptors (Lipinski definition) is 3. The number of ether oxygens (including phenoxy) is 2. The maximum Gasteiger partial charge on any atom is 0.123 e. The van der Waals surface area contributed by atoms with Gasteiger partial charge in [-0.15, -0.1) is 12.4 Å². The molecular weight excluding hydrogens is 214 g/mol. The number of nitrogens with two attached hydrogens (primary N) is 1. The Bertz CT molecular complexity index is 292. The van der Waals surface area contributed by atoms with Gasteiger partial charge in [-0.05, 0) is 26.0 Å². The average Bonchev–Trinajstić information content (AvgIpc) is 2.18. The lowest BCUT2D eigenvalue weighted by Crippen LogP contribution is -2.33. The van der Waals surface area contributed by atoms with Crippen LogP contribution in [0.5, 0.6) is 11.5 Å². The molecule has 4 heteroatoms. The smallest absolute Gasteiger partial charge is 0.123 e. The molecule has 1 aromatic carbocycles. The van der Waals surface area contributed by atoms with Crippen molar-refractivity contribution in [3.63, 3.8) is 0 Å². The van der Waals surface area contributed by atoms with Gasteiger partial charge in [0, 0.05) is 12.1 Å². The molecule has 2 N–H and O–H groups in total. The summed E-state index contributed by atoms with van der Waals surface area (Å²) in [6.45, 7) is 3.87. The van der Waals surface area contributed by atoms with Gasteiger partial charge >= 0.3 is 0 Å². The summed E-state index contributed by atoms with van der Waals surface area (Å²) in [5, 5.41) is 0. The number of rotatable bonds is 4. The van der Waals surface area contributed by atoms with E-state index in [1.807, 2.05) is 38.1 Å². The summed E-state index contributed by atoms with van der Waals surface area (Å²) in [6.07, 6.45) is 0.00195. The normalized spacial score (nSPS) is 13.6. The van der Waals surface area contributed by atoms with Crippen LogP contribution < -0.4 is 15.2 Å². The molecule has 0 radical (unpaired) electrons. The standard InChI is InChI=1S/C11H17NO2.ClH/c1-8(12)9(2)14-11-6-4-5-10(7-11)13-3;/h4-9H,12H2,1-3H3;1H. The molecule has 1 rings (SSSR count). The molecule has 1 aromatic rings. The van der Waals surface area contributed by atoms with Gasteiger partial charge in [-0.25, -0.2) is 0 Å². The van der Waals surface area contributed by atoms with E-state index >= 15 is 0 Å². The van der Waals surface area contributed by atoms with E-state index < -0.39 is 0 Å². The Labute approximate surface area is 97.0 Å². The first-order valence-electron chi connectivity index (χ1n) is 4.69. The van der Waals surface area contributed by atoms with Crippen LogP contribution in [0.2, 0.25) is 0 Å². The zero-order chi connectivity index (χ0) is 10.6. The first kappa shape index (κ1) is 14.1. The summed E-state index contributed by atoms with van der Waals surface area (Å²) in [6, 6.07) is 7.52. The minimum Gasteiger partial charge on any atom is -0.497 e. The summed E-state index contributed by atoms with van der Waals surface area (Å²) >= 11 is 0. The minimum atomic E-state index is 0. The summed E-state index contributed by atoms with van der Waals surface area (Å²) in [7, 11) is 1.63. The molecule has 0 heterocycles. The van der Waals surface area contributed by atoms with E-state index in [1.54, 1.807) is 7.11 Å². The van der Waals surface area contributed by atoms with Gasteiger partial charge < -0.3 is 15.2 Å². The van der Waals surface area contributed by atoms with Crippen LogP contribution in [-0.2, 0) is 0 Å². The second-order valence-corrected chi connectivity index (χ2v) is 3.36. The van der Waals surface area contributed by atoms with Crippen molar-refractivity contribution in [1.82, 2.24) is 0 Å². The van der Waals surface area contributed by atoms with Gasteiger partial charge in [-0.3, -0.25) is 0 Å². The highest BCUT2D eigenvalue weighted by molar-refractivity contribution is 5.85. The van der Waals surface area contributed by atoms with Crippen molar-refractivity contribution in [2.75, 3.05) is 7.11 Å². The molecule has 0 saturated heterocycles. The highest BCUT2D eigenvalue weighted by Crippen LogP contribution is 2.20. The molecule has 0 amide bonds. The Morgan fingerprint density at radius 3 is 2.33 bits per heavy atom. The predicted molar refractivity (Wildman–Crippen MR) is 64.0 cm³/mol. The van der Waals surface area contributed by atoms with Crippen LogP contribution >= 0.6 is 12.4 Å². The van der Waals surface area contributed by atoms with Crippen molar-refractivity contribution in [3.05, 3.63) is 24.3 Å². The first-order chi connectivity index (χ1) is 6.63. The molecule has 0 aromatic heterocycles. The first-order valence-corrected chi connectivity index (χ1v) is 4.69. The van der Waals surface area contributed by atoms with Crippen LogP contribution in [0.1, 0.15) is 13.8 Å². The molecule has 0 aliphatic rings. The second-order valence-electron chi connectivity index (χ2n) is 3.36. The van der Waals surface area contributed by atoms with Crippen molar-refractivity contribution in [2.24, 2.45) is 5.73 Å². The van der Waals surface area contributed by atoms with E-state index in [9.17, 15) is 0 Å². The molecule has 0 fully saturated rings. The lowest BCUT2D eigenvalue weighted by Gasteiger charge is -2.18. The SMILES string of the molecule is COc1cccc(OC(C)C(C)N)c1.Cl. The second kappa shape index (κ2) is 6.53. The minimum absolute atomic E-state index is 0. The van der Waals surface area contributed by atoms with Gasteiger partial charge in [0.1, 0.15) is 17.6 Å². The number of hydrogen-bond donors (Lipinski definition) is 1. The fourth-order valence-corrected chi connectivity index (χ4v) is 0.996. The molecule has 0 bridgehead atoms. The highest BCUT2D eigenvalue weighted by atomic mass is 35.5. The lowest BCUT2D eigenvalue weighted by atomic mass is 10.2. The fourth-order valence-electron chi connectivity index (χ4n) is 0.996. The molecular formula is C11H18ClNO2. The number of methoxy groups -OCH3 is 1. The van der Waals surface area contributed by atoms with Crippen molar-refractivity contribution >= 4 is 12.4 Å². The molecule has 0 aliphatic carbocycles. The Kier molecular flexibility index (Phi) is 6.13. The van der Waals surface area contributed by atoms with Gasteiger partial charge in [-0.2, -0.15) is 0 Å². The topological polar surface area (TPSA) is 44.5 Å². The van der Waals surface area contributed by atoms with Crippen LogP contribution in [0.3, 0.4) is 0 Å². The quantitative estimate of drug-likeness (QED) is 0.865. The van der Waals surface area contributed by atoms with Crippen LogP contribution in [0.4, 0.5) is 0 Å². The molecule has 15 heavy (non-hydrogen) atoms. The maximum atomic E-state index is 5.70. The van der Waals surface area contributed by atoms with E-state index in [0.717, 1.165) is 11.5 Å². The van der Waals surface area contributed by atoms with E-state index in [-0.39, 0.29) is 24.6 Å². The van der Waals surface area contributed by atoms with E-state index in [4.69, 9.17) is 15.2 Å². The average molecular weight is 232 g/mol. The molecule has 3 nitrogen and oxygen atoms in total. The Hall–Kier alpha value is -0.930.